The Bertz CT molecular complexity index is 800. The molecular formula is C17H15N5. The zero-order valence-electron chi connectivity index (χ0n) is 11.9. The van der Waals surface area contributed by atoms with Crippen LogP contribution in [0.1, 0.15) is 11.1 Å². The molecule has 0 spiro atoms. The Morgan fingerprint density at radius 3 is 2.32 bits per heavy atom. The molecule has 3 aromatic rings. The minimum Gasteiger partial charge on any atom is -0.381 e. The van der Waals surface area contributed by atoms with Crippen LogP contribution in [-0.2, 0) is 6.54 Å². The molecule has 0 radical (unpaired) electrons. The van der Waals surface area contributed by atoms with Gasteiger partial charge < -0.3 is 11.1 Å². The maximum Gasteiger partial charge on any atom is 0.165 e. The predicted octanol–water partition coefficient (Wildman–Crippen LogP) is 3.13. The SMILES string of the molecule is N#Cc1c(N)nn(Cc2ccccc2)c1Nc1ccccc1. The maximum absolute atomic E-state index is 9.33. The minimum absolute atomic E-state index is 0.233. The van der Waals surface area contributed by atoms with Crippen molar-refractivity contribution < 1.29 is 0 Å². The average Bonchev–Trinajstić information content (AvgIpc) is 2.84. The first-order valence-corrected chi connectivity index (χ1v) is 6.90. The number of benzene rings is 2. The molecule has 0 bridgehead atoms. The number of nitrogen functional groups attached to an aromatic ring is 1. The van der Waals surface area contributed by atoms with Crippen molar-refractivity contribution in [2.75, 3.05) is 11.1 Å². The quantitative estimate of drug-likeness (QED) is 0.773. The number of nitrogens with two attached hydrogens (primary N) is 1. The molecule has 22 heavy (non-hydrogen) atoms. The molecule has 5 nitrogen and oxygen atoms in total. The van der Waals surface area contributed by atoms with Gasteiger partial charge in [0, 0.05) is 5.69 Å². The summed E-state index contributed by atoms with van der Waals surface area (Å²) in [6.07, 6.45) is 0. The molecule has 0 amide bonds. The molecule has 0 aliphatic carbocycles. The lowest BCUT2D eigenvalue weighted by Crippen LogP contribution is -2.06. The van der Waals surface area contributed by atoms with E-state index >= 15 is 0 Å². The van der Waals surface area contributed by atoms with Crippen LogP contribution in [0.2, 0.25) is 0 Å². The average molecular weight is 289 g/mol. The van der Waals surface area contributed by atoms with Crippen molar-refractivity contribution >= 4 is 17.3 Å². The van der Waals surface area contributed by atoms with Gasteiger partial charge in [-0.1, -0.05) is 48.5 Å². The van der Waals surface area contributed by atoms with Gasteiger partial charge in [-0.25, -0.2) is 4.68 Å². The number of anilines is 3. The lowest BCUT2D eigenvalue weighted by atomic mass is 10.2. The van der Waals surface area contributed by atoms with Crippen LogP contribution < -0.4 is 11.1 Å². The van der Waals surface area contributed by atoms with Crippen molar-refractivity contribution in [1.29, 1.82) is 5.26 Å². The van der Waals surface area contributed by atoms with Gasteiger partial charge in [-0.3, -0.25) is 0 Å². The van der Waals surface area contributed by atoms with Crippen LogP contribution in [0.15, 0.2) is 60.7 Å². The lowest BCUT2D eigenvalue weighted by Gasteiger charge is -2.10. The van der Waals surface area contributed by atoms with Gasteiger partial charge in [0.1, 0.15) is 17.5 Å². The number of aromatic nitrogens is 2. The highest BCUT2D eigenvalue weighted by Gasteiger charge is 2.16. The second-order valence-corrected chi connectivity index (χ2v) is 4.85. The third kappa shape index (κ3) is 2.76. The third-order valence-electron chi connectivity index (χ3n) is 3.30. The summed E-state index contributed by atoms with van der Waals surface area (Å²) in [5, 5.41) is 16.8. The summed E-state index contributed by atoms with van der Waals surface area (Å²) >= 11 is 0. The summed E-state index contributed by atoms with van der Waals surface area (Å²) in [7, 11) is 0. The van der Waals surface area contributed by atoms with E-state index in [0.717, 1.165) is 11.3 Å². The van der Waals surface area contributed by atoms with Gasteiger partial charge in [-0.05, 0) is 17.7 Å². The molecule has 1 aromatic heterocycles. The fourth-order valence-corrected chi connectivity index (χ4v) is 2.25. The van der Waals surface area contributed by atoms with E-state index in [0.29, 0.717) is 17.9 Å². The number of nitrogens with zero attached hydrogens (tertiary/aromatic N) is 3. The number of nitrogens with one attached hydrogen (secondary N) is 1. The second kappa shape index (κ2) is 6.02. The summed E-state index contributed by atoms with van der Waals surface area (Å²) in [6, 6.07) is 21.7. The zero-order chi connectivity index (χ0) is 15.4. The molecule has 0 aliphatic rings. The second-order valence-electron chi connectivity index (χ2n) is 4.85. The van der Waals surface area contributed by atoms with E-state index in [-0.39, 0.29) is 5.82 Å². The Balaban J connectivity index is 1.98. The number of rotatable bonds is 4. The van der Waals surface area contributed by atoms with E-state index in [1.165, 1.54) is 0 Å². The van der Waals surface area contributed by atoms with Crippen molar-refractivity contribution in [2.24, 2.45) is 0 Å². The molecule has 3 rings (SSSR count). The van der Waals surface area contributed by atoms with Crippen LogP contribution in [0.25, 0.3) is 0 Å². The molecule has 2 aromatic carbocycles. The highest BCUT2D eigenvalue weighted by atomic mass is 15.3. The van der Waals surface area contributed by atoms with Crippen LogP contribution in [-0.4, -0.2) is 9.78 Å². The Kier molecular flexibility index (Phi) is 3.75. The Morgan fingerprint density at radius 2 is 1.68 bits per heavy atom. The first-order valence-electron chi connectivity index (χ1n) is 6.90. The Morgan fingerprint density at radius 1 is 1.05 bits per heavy atom. The topological polar surface area (TPSA) is 79.7 Å². The molecular weight excluding hydrogens is 274 g/mol. The Labute approximate surface area is 128 Å². The smallest absolute Gasteiger partial charge is 0.165 e. The van der Waals surface area contributed by atoms with E-state index in [1.54, 1.807) is 4.68 Å². The van der Waals surface area contributed by atoms with Crippen LogP contribution in [0.4, 0.5) is 17.3 Å². The molecule has 0 saturated heterocycles. The van der Waals surface area contributed by atoms with Crippen molar-refractivity contribution in [2.45, 2.75) is 6.54 Å². The first kappa shape index (κ1) is 13.7. The van der Waals surface area contributed by atoms with Gasteiger partial charge in [0.15, 0.2) is 5.82 Å². The van der Waals surface area contributed by atoms with Crippen molar-refractivity contribution in [1.82, 2.24) is 9.78 Å². The van der Waals surface area contributed by atoms with Crippen LogP contribution in [0, 0.1) is 11.3 Å². The van der Waals surface area contributed by atoms with Gasteiger partial charge >= 0.3 is 0 Å². The van der Waals surface area contributed by atoms with Gasteiger partial charge in [-0.2, -0.15) is 10.4 Å². The highest BCUT2D eigenvalue weighted by molar-refractivity contribution is 5.69. The van der Waals surface area contributed by atoms with Gasteiger partial charge in [0.25, 0.3) is 0 Å². The summed E-state index contributed by atoms with van der Waals surface area (Å²) in [6.45, 7) is 0.544. The molecule has 1 heterocycles. The van der Waals surface area contributed by atoms with Crippen molar-refractivity contribution in [3.05, 3.63) is 71.8 Å². The molecule has 0 saturated carbocycles. The highest BCUT2D eigenvalue weighted by Crippen LogP contribution is 2.25. The number of hydrogen-bond acceptors (Lipinski definition) is 4. The van der Waals surface area contributed by atoms with Crippen LogP contribution in [0.3, 0.4) is 0 Å². The number of hydrogen-bond donors (Lipinski definition) is 2. The van der Waals surface area contributed by atoms with Crippen LogP contribution in [0.5, 0.6) is 0 Å². The maximum atomic E-state index is 9.33. The summed E-state index contributed by atoms with van der Waals surface area (Å²) in [4.78, 5) is 0. The van der Waals surface area contributed by atoms with E-state index in [1.807, 2.05) is 60.7 Å². The van der Waals surface area contributed by atoms with Crippen LogP contribution >= 0.6 is 0 Å². The summed E-state index contributed by atoms with van der Waals surface area (Å²) in [5.41, 5.74) is 8.20. The lowest BCUT2D eigenvalue weighted by molar-refractivity contribution is 0.699. The first-order chi connectivity index (χ1) is 10.8. The van der Waals surface area contributed by atoms with Gasteiger partial charge in [-0.15, -0.1) is 0 Å². The van der Waals surface area contributed by atoms with E-state index in [2.05, 4.69) is 16.5 Å². The molecule has 0 atom stereocenters. The van der Waals surface area contributed by atoms with E-state index in [9.17, 15) is 5.26 Å². The Hall–Kier alpha value is -3.26. The fourth-order valence-electron chi connectivity index (χ4n) is 2.25. The fraction of sp³-hybridized carbons (Fsp3) is 0.0588. The summed E-state index contributed by atoms with van der Waals surface area (Å²) in [5.74, 6) is 0.840. The summed E-state index contributed by atoms with van der Waals surface area (Å²) < 4.78 is 1.72. The van der Waals surface area contributed by atoms with Crippen molar-refractivity contribution in [3.8, 4) is 6.07 Å². The van der Waals surface area contributed by atoms with E-state index < -0.39 is 0 Å². The monoisotopic (exact) mass is 289 g/mol. The van der Waals surface area contributed by atoms with Gasteiger partial charge in [0.2, 0.25) is 0 Å². The molecule has 0 unspecified atom stereocenters. The molecule has 3 N–H and O–H groups in total. The number of para-hydroxylation sites is 1. The predicted molar refractivity (Wildman–Crippen MR) is 86.6 cm³/mol. The zero-order valence-corrected chi connectivity index (χ0v) is 11.9. The molecule has 0 fully saturated rings. The molecule has 5 heteroatoms. The largest absolute Gasteiger partial charge is 0.381 e. The minimum atomic E-state index is 0.233. The number of nitriles is 1. The molecule has 108 valence electrons. The van der Waals surface area contributed by atoms with Gasteiger partial charge in [0.05, 0.1) is 6.54 Å². The molecule has 0 aliphatic heterocycles. The normalized spacial score (nSPS) is 10.1. The van der Waals surface area contributed by atoms with E-state index in [4.69, 9.17) is 5.73 Å². The standard InChI is InChI=1S/C17H15N5/c18-11-15-16(19)21-22(12-13-7-3-1-4-8-13)17(15)20-14-9-5-2-6-10-14/h1-10,20H,12H2,(H2,19,21). The van der Waals surface area contributed by atoms with Crippen molar-refractivity contribution in [3.63, 3.8) is 0 Å². The third-order valence-corrected chi connectivity index (χ3v) is 3.30.